The molecule has 4 rings (SSSR count). The van der Waals surface area contributed by atoms with Crippen LogP contribution in [-0.4, -0.2) is 35.7 Å². The Labute approximate surface area is 162 Å². The number of ether oxygens (including phenoxy) is 1. The summed E-state index contributed by atoms with van der Waals surface area (Å²) in [5.41, 5.74) is 0.889. The molecule has 1 unspecified atom stereocenters. The highest BCUT2D eigenvalue weighted by Crippen LogP contribution is 2.32. The van der Waals surface area contributed by atoms with Crippen LogP contribution >= 0.6 is 11.3 Å². The molecular formula is C21H24FNO3S. The van der Waals surface area contributed by atoms with Crippen molar-refractivity contribution in [3.8, 4) is 5.75 Å². The number of aliphatic hydroxyl groups is 1. The molecule has 0 aliphatic heterocycles. The normalized spacial score (nSPS) is 27.6. The van der Waals surface area contributed by atoms with E-state index in [1.165, 1.54) is 21.9 Å². The van der Waals surface area contributed by atoms with E-state index in [4.69, 9.17) is 4.74 Å². The quantitative estimate of drug-likeness (QED) is 0.822. The zero-order chi connectivity index (χ0) is 19.0. The molecule has 0 saturated heterocycles. The number of nitrogens with one attached hydrogen (secondary N) is 1. The van der Waals surface area contributed by atoms with E-state index in [2.05, 4.69) is 5.32 Å². The van der Waals surface area contributed by atoms with Gasteiger partial charge >= 0.3 is 0 Å². The van der Waals surface area contributed by atoms with Crippen LogP contribution in [0.2, 0.25) is 0 Å². The number of halogens is 1. The Bertz CT molecular complexity index is 819. The molecule has 1 aromatic carbocycles. The maximum Gasteiger partial charge on any atom is 0.168 e. The van der Waals surface area contributed by atoms with Gasteiger partial charge in [0, 0.05) is 33.8 Å². The molecule has 0 bridgehead atoms. The van der Waals surface area contributed by atoms with Gasteiger partial charge < -0.3 is 15.2 Å². The summed E-state index contributed by atoms with van der Waals surface area (Å²) < 4.78 is 18.8. The molecule has 2 aromatic rings. The Kier molecular flexibility index (Phi) is 5.30. The molecule has 1 fully saturated rings. The van der Waals surface area contributed by atoms with Crippen molar-refractivity contribution in [2.45, 2.75) is 50.9 Å². The van der Waals surface area contributed by atoms with E-state index in [1.54, 1.807) is 23.5 Å². The zero-order valence-electron chi connectivity index (χ0n) is 15.3. The third-order valence-corrected chi connectivity index (χ3v) is 6.68. The third-order valence-electron chi connectivity index (χ3n) is 5.57. The maximum atomic E-state index is 13.0. The van der Waals surface area contributed by atoms with Crippen LogP contribution in [0, 0.1) is 18.7 Å². The van der Waals surface area contributed by atoms with Gasteiger partial charge in [0.1, 0.15) is 23.8 Å². The molecule has 4 atom stereocenters. The standard InChI is InChI=1S/C21H24FNO3S/c1-12-10-16-19(27-12)9-2-13(20(16)24)11-23-17-7-8-18(21(17)25)26-15-5-3-14(22)4-6-15/h3-6,10,13,17-18,21,23,25H,2,7-9,11H2,1H3/t13?,17-,18-,21-/m1/s1. The molecule has 2 aliphatic rings. The Morgan fingerprint density at radius 2 is 2.04 bits per heavy atom. The first-order chi connectivity index (χ1) is 13.0. The largest absolute Gasteiger partial charge is 0.488 e. The van der Waals surface area contributed by atoms with E-state index >= 15 is 0 Å². The van der Waals surface area contributed by atoms with Gasteiger partial charge in [0.25, 0.3) is 0 Å². The minimum atomic E-state index is -0.646. The number of fused-ring (bicyclic) bond motifs is 1. The third kappa shape index (κ3) is 3.93. The van der Waals surface area contributed by atoms with Crippen molar-refractivity contribution in [3.05, 3.63) is 51.5 Å². The van der Waals surface area contributed by atoms with Gasteiger partial charge in [-0.2, -0.15) is 0 Å². The van der Waals surface area contributed by atoms with Gasteiger partial charge in [-0.15, -0.1) is 11.3 Å². The average Bonchev–Trinajstić information content (AvgIpc) is 3.20. The monoisotopic (exact) mass is 389 g/mol. The molecular weight excluding hydrogens is 365 g/mol. The second kappa shape index (κ2) is 7.70. The van der Waals surface area contributed by atoms with Crippen molar-refractivity contribution in [1.29, 1.82) is 0 Å². The summed E-state index contributed by atoms with van der Waals surface area (Å²) in [5, 5.41) is 14.0. The number of benzene rings is 1. The van der Waals surface area contributed by atoms with Gasteiger partial charge in [0.15, 0.2) is 5.78 Å². The first-order valence-corrected chi connectivity index (χ1v) is 10.3. The summed E-state index contributed by atoms with van der Waals surface area (Å²) in [4.78, 5) is 15.1. The van der Waals surface area contributed by atoms with Gasteiger partial charge in [-0.25, -0.2) is 4.39 Å². The number of carbonyl (C=O) groups is 1. The van der Waals surface area contributed by atoms with Crippen molar-refractivity contribution >= 4 is 17.1 Å². The van der Waals surface area contributed by atoms with Crippen molar-refractivity contribution in [2.24, 2.45) is 5.92 Å². The number of hydrogen-bond acceptors (Lipinski definition) is 5. The van der Waals surface area contributed by atoms with Crippen LogP contribution in [0.5, 0.6) is 5.75 Å². The summed E-state index contributed by atoms with van der Waals surface area (Å²) in [6.45, 7) is 2.62. The highest BCUT2D eigenvalue weighted by molar-refractivity contribution is 7.12. The maximum absolute atomic E-state index is 13.0. The van der Waals surface area contributed by atoms with E-state index < -0.39 is 6.10 Å². The number of Topliss-reactive ketones (excluding diaryl/α,β-unsaturated/α-hetero) is 1. The lowest BCUT2D eigenvalue weighted by Gasteiger charge is -2.25. The molecule has 0 amide bonds. The Balaban J connectivity index is 1.31. The first kappa shape index (κ1) is 18.6. The predicted octanol–water partition coefficient (Wildman–Crippen LogP) is 3.50. The minimum absolute atomic E-state index is 0.0317. The molecule has 4 nitrogen and oxygen atoms in total. The van der Waals surface area contributed by atoms with Crippen molar-refractivity contribution in [3.63, 3.8) is 0 Å². The lowest BCUT2D eigenvalue weighted by molar-refractivity contribution is 0.0441. The minimum Gasteiger partial charge on any atom is -0.488 e. The van der Waals surface area contributed by atoms with Crippen LogP contribution in [0.4, 0.5) is 4.39 Å². The van der Waals surface area contributed by atoms with Crippen LogP contribution in [-0.2, 0) is 6.42 Å². The molecule has 6 heteroatoms. The van der Waals surface area contributed by atoms with E-state index in [9.17, 15) is 14.3 Å². The molecule has 144 valence electrons. The van der Waals surface area contributed by atoms with Crippen LogP contribution in [0.25, 0.3) is 0 Å². The number of aliphatic hydroxyl groups excluding tert-OH is 1. The summed E-state index contributed by atoms with van der Waals surface area (Å²) in [7, 11) is 0. The lowest BCUT2D eigenvalue weighted by atomic mass is 9.87. The fraction of sp³-hybridized carbons (Fsp3) is 0.476. The van der Waals surface area contributed by atoms with Gasteiger partial charge in [0.2, 0.25) is 0 Å². The SMILES string of the molecule is Cc1cc2c(s1)CCC(CN[C@@H]1CC[C@@H](Oc3ccc(F)cc3)[C@@H]1O)C2=O. The van der Waals surface area contributed by atoms with Gasteiger partial charge in [-0.1, -0.05) is 0 Å². The van der Waals surface area contributed by atoms with Crippen LogP contribution in [0.3, 0.4) is 0 Å². The molecule has 27 heavy (non-hydrogen) atoms. The Hall–Kier alpha value is -1.76. The predicted molar refractivity (Wildman–Crippen MR) is 103 cm³/mol. The lowest BCUT2D eigenvalue weighted by Crippen LogP contribution is -2.44. The van der Waals surface area contributed by atoms with Crippen molar-refractivity contribution in [1.82, 2.24) is 5.32 Å². The number of rotatable bonds is 5. The molecule has 0 radical (unpaired) electrons. The second-order valence-electron chi connectivity index (χ2n) is 7.49. The number of hydrogen-bond donors (Lipinski definition) is 2. The first-order valence-electron chi connectivity index (χ1n) is 9.48. The highest BCUT2D eigenvalue weighted by atomic mass is 32.1. The Morgan fingerprint density at radius 3 is 2.81 bits per heavy atom. The summed E-state index contributed by atoms with van der Waals surface area (Å²) in [6.07, 6.45) is 2.36. The fourth-order valence-corrected chi connectivity index (χ4v) is 5.14. The smallest absolute Gasteiger partial charge is 0.168 e. The second-order valence-corrected chi connectivity index (χ2v) is 8.83. The molecule has 1 saturated carbocycles. The molecule has 1 aromatic heterocycles. The van der Waals surface area contributed by atoms with Gasteiger partial charge in [-0.05, 0) is 62.9 Å². The van der Waals surface area contributed by atoms with E-state index in [0.717, 1.165) is 31.2 Å². The average molecular weight is 389 g/mol. The number of aryl methyl sites for hydroxylation is 2. The molecule has 1 heterocycles. The Morgan fingerprint density at radius 1 is 1.26 bits per heavy atom. The number of ketones is 1. The van der Waals surface area contributed by atoms with Crippen LogP contribution < -0.4 is 10.1 Å². The molecule has 0 spiro atoms. The molecule has 2 aliphatic carbocycles. The number of carbonyl (C=O) groups excluding carboxylic acids is 1. The fourth-order valence-electron chi connectivity index (χ4n) is 4.09. The van der Waals surface area contributed by atoms with E-state index in [1.807, 2.05) is 13.0 Å². The van der Waals surface area contributed by atoms with Crippen molar-refractivity contribution in [2.75, 3.05) is 6.54 Å². The highest BCUT2D eigenvalue weighted by Gasteiger charge is 2.37. The van der Waals surface area contributed by atoms with E-state index in [-0.39, 0.29) is 29.7 Å². The summed E-state index contributed by atoms with van der Waals surface area (Å²) in [5.74, 6) is 0.439. The van der Waals surface area contributed by atoms with Crippen molar-refractivity contribution < 1.29 is 19.0 Å². The van der Waals surface area contributed by atoms with Gasteiger partial charge in [-0.3, -0.25) is 4.79 Å². The zero-order valence-corrected chi connectivity index (χ0v) is 16.1. The summed E-state index contributed by atoms with van der Waals surface area (Å²) in [6, 6.07) is 7.76. The molecule has 2 N–H and O–H groups in total. The van der Waals surface area contributed by atoms with Gasteiger partial charge in [0.05, 0.1) is 0 Å². The number of thiophene rings is 1. The summed E-state index contributed by atoms with van der Waals surface area (Å²) >= 11 is 1.72. The topological polar surface area (TPSA) is 58.6 Å². The van der Waals surface area contributed by atoms with Crippen LogP contribution in [0.1, 0.15) is 39.4 Å². The van der Waals surface area contributed by atoms with E-state index in [0.29, 0.717) is 12.3 Å². The van der Waals surface area contributed by atoms with Crippen LogP contribution in [0.15, 0.2) is 30.3 Å².